The molecular formula is C22H27NO5. The number of carbonyl (C=O) groups excluding carboxylic acids is 2. The van der Waals surface area contributed by atoms with Crippen molar-refractivity contribution in [3.8, 4) is 11.5 Å². The molecule has 0 spiro atoms. The highest BCUT2D eigenvalue weighted by atomic mass is 16.5. The van der Waals surface area contributed by atoms with Crippen molar-refractivity contribution in [1.82, 2.24) is 5.32 Å². The van der Waals surface area contributed by atoms with Gasteiger partial charge in [-0.25, -0.2) is 0 Å². The smallest absolute Gasteiger partial charge is 0.325 e. The first kappa shape index (κ1) is 21.3. The normalized spacial score (nSPS) is 10.9. The van der Waals surface area contributed by atoms with Gasteiger partial charge in [0.15, 0.2) is 0 Å². The Kier molecular flexibility index (Phi) is 7.04. The average Bonchev–Trinajstić information content (AvgIpc) is 2.69. The molecule has 0 heterocycles. The highest BCUT2D eigenvalue weighted by Gasteiger charge is 2.14. The van der Waals surface area contributed by atoms with Gasteiger partial charge < -0.3 is 19.5 Å². The molecule has 150 valence electrons. The maximum atomic E-state index is 12.3. The van der Waals surface area contributed by atoms with E-state index < -0.39 is 11.9 Å². The van der Waals surface area contributed by atoms with Gasteiger partial charge in [0, 0.05) is 11.6 Å². The summed E-state index contributed by atoms with van der Waals surface area (Å²) in [6.45, 7) is 6.36. The highest BCUT2D eigenvalue weighted by Crippen LogP contribution is 2.23. The molecule has 1 N–H and O–H groups in total. The van der Waals surface area contributed by atoms with Crippen LogP contribution in [0.1, 0.15) is 42.3 Å². The van der Waals surface area contributed by atoms with E-state index in [1.54, 1.807) is 18.2 Å². The number of benzene rings is 2. The van der Waals surface area contributed by atoms with Crippen molar-refractivity contribution in [2.75, 3.05) is 20.8 Å². The SMILES string of the molecule is COc1cc(OC)cc(C(=O)NCC(=O)OCc2ccc(C(C)(C)C)cc2)c1. The molecule has 0 aliphatic heterocycles. The van der Waals surface area contributed by atoms with Gasteiger partial charge in [0.1, 0.15) is 24.7 Å². The number of nitrogens with one attached hydrogen (secondary N) is 1. The van der Waals surface area contributed by atoms with Gasteiger partial charge in [0.2, 0.25) is 0 Å². The predicted octanol–water partition coefficient (Wildman–Crippen LogP) is 3.47. The number of amides is 1. The van der Waals surface area contributed by atoms with Gasteiger partial charge in [0.25, 0.3) is 5.91 Å². The summed E-state index contributed by atoms with van der Waals surface area (Å²) in [5, 5.41) is 2.54. The van der Waals surface area contributed by atoms with Crippen LogP contribution >= 0.6 is 0 Å². The third-order valence-corrected chi connectivity index (χ3v) is 4.23. The van der Waals surface area contributed by atoms with Gasteiger partial charge in [-0.15, -0.1) is 0 Å². The molecule has 0 aromatic heterocycles. The second kappa shape index (κ2) is 9.26. The molecule has 1 amide bonds. The van der Waals surface area contributed by atoms with Gasteiger partial charge in [-0.1, -0.05) is 45.0 Å². The Morgan fingerprint density at radius 1 is 0.929 bits per heavy atom. The van der Waals surface area contributed by atoms with Crippen LogP contribution in [-0.2, 0) is 21.6 Å². The molecule has 0 aliphatic carbocycles. The Labute approximate surface area is 165 Å². The van der Waals surface area contributed by atoms with Crippen molar-refractivity contribution in [2.45, 2.75) is 32.8 Å². The Bertz CT molecular complexity index is 800. The molecule has 0 unspecified atom stereocenters. The molecule has 0 aliphatic rings. The first-order valence-electron chi connectivity index (χ1n) is 8.99. The second-order valence-electron chi connectivity index (χ2n) is 7.39. The molecule has 0 saturated carbocycles. The molecule has 6 nitrogen and oxygen atoms in total. The second-order valence-corrected chi connectivity index (χ2v) is 7.39. The van der Waals surface area contributed by atoms with Gasteiger partial charge in [-0.05, 0) is 28.7 Å². The summed E-state index contributed by atoms with van der Waals surface area (Å²) in [5.74, 6) is 0.0587. The minimum atomic E-state index is -0.511. The first-order chi connectivity index (χ1) is 13.2. The standard InChI is InChI=1S/C22H27NO5/c1-22(2,3)17-8-6-15(7-9-17)14-28-20(24)13-23-21(25)16-10-18(26-4)12-19(11-16)27-5/h6-12H,13-14H2,1-5H3,(H,23,25). The summed E-state index contributed by atoms with van der Waals surface area (Å²) in [7, 11) is 3.00. The lowest BCUT2D eigenvalue weighted by molar-refractivity contribution is -0.143. The molecule has 2 aromatic rings. The van der Waals surface area contributed by atoms with Gasteiger partial charge >= 0.3 is 5.97 Å². The molecule has 2 rings (SSSR count). The number of rotatable bonds is 7. The first-order valence-corrected chi connectivity index (χ1v) is 8.99. The van der Waals surface area contributed by atoms with E-state index in [0.717, 1.165) is 5.56 Å². The summed E-state index contributed by atoms with van der Waals surface area (Å²) in [6, 6.07) is 12.7. The lowest BCUT2D eigenvalue weighted by atomic mass is 9.87. The van der Waals surface area contributed by atoms with Crippen molar-refractivity contribution in [1.29, 1.82) is 0 Å². The Morgan fingerprint density at radius 3 is 2.00 bits per heavy atom. The summed E-state index contributed by atoms with van der Waals surface area (Å²) in [6.07, 6.45) is 0. The minimum absolute atomic E-state index is 0.0717. The topological polar surface area (TPSA) is 73.9 Å². The number of esters is 1. The highest BCUT2D eigenvalue weighted by molar-refractivity contribution is 5.96. The lowest BCUT2D eigenvalue weighted by Gasteiger charge is -2.19. The zero-order chi connectivity index (χ0) is 20.7. The number of carbonyl (C=O) groups is 2. The van der Waals surface area contributed by atoms with E-state index >= 15 is 0 Å². The molecule has 28 heavy (non-hydrogen) atoms. The summed E-state index contributed by atoms with van der Waals surface area (Å²) in [4.78, 5) is 24.2. The van der Waals surface area contributed by atoms with Gasteiger partial charge in [-0.2, -0.15) is 0 Å². The zero-order valence-corrected chi connectivity index (χ0v) is 17.0. The zero-order valence-electron chi connectivity index (χ0n) is 17.0. The number of hydrogen-bond acceptors (Lipinski definition) is 5. The molecule has 0 fully saturated rings. The maximum absolute atomic E-state index is 12.3. The lowest BCUT2D eigenvalue weighted by Crippen LogP contribution is -2.30. The molecule has 2 aromatic carbocycles. The Hall–Kier alpha value is -3.02. The number of methoxy groups -OCH3 is 2. The summed E-state index contributed by atoms with van der Waals surface area (Å²) >= 11 is 0. The van der Waals surface area contributed by atoms with Crippen LogP contribution in [0.5, 0.6) is 11.5 Å². The molecule has 6 heteroatoms. The van der Waals surface area contributed by atoms with Crippen LogP contribution < -0.4 is 14.8 Å². The van der Waals surface area contributed by atoms with Crippen molar-refractivity contribution in [3.63, 3.8) is 0 Å². The molecule has 0 radical (unpaired) electrons. The van der Waals surface area contributed by atoms with E-state index in [1.807, 2.05) is 24.3 Å². The average molecular weight is 385 g/mol. The van der Waals surface area contributed by atoms with Gasteiger partial charge in [-0.3, -0.25) is 9.59 Å². The van der Waals surface area contributed by atoms with Crippen LogP contribution in [0.15, 0.2) is 42.5 Å². The number of ether oxygens (including phenoxy) is 3. The minimum Gasteiger partial charge on any atom is -0.497 e. The van der Waals surface area contributed by atoms with Crippen LogP contribution in [0.4, 0.5) is 0 Å². The van der Waals surface area contributed by atoms with Crippen molar-refractivity contribution >= 4 is 11.9 Å². The maximum Gasteiger partial charge on any atom is 0.325 e. The number of hydrogen-bond donors (Lipinski definition) is 1. The largest absolute Gasteiger partial charge is 0.497 e. The third kappa shape index (κ3) is 6.01. The predicted molar refractivity (Wildman–Crippen MR) is 107 cm³/mol. The third-order valence-electron chi connectivity index (χ3n) is 4.23. The van der Waals surface area contributed by atoms with E-state index in [9.17, 15) is 9.59 Å². The molecule has 0 atom stereocenters. The summed E-state index contributed by atoms with van der Waals surface area (Å²) in [5.41, 5.74) is 2.51. The van der Waals surface area contributed by atoms with E-state index in [1.165, 1.54) is 19.8 Å². The molecule has 0 bridgehead atoms. The van der Waals surface area contributed by atoms with Gasteiger partial charge in [0.05, 0.1) is 14.2 Å². The van der Waals surface area contributed by atoms with Crippen LogP contribution in [-0.4, -0.2) is 32.6 Å². The Balaban J connectivity index is 1.86. The van der Waals surface area contributed by atoms with E-state index in [2.05, 4.69) is 26.1 Å². The fourth-order valence-electron chi connectivity index (χ4n) is 2.51. The van der Waals surface area contributed by atoms with Crippen LogP contribution in [0, 0.1) is 0 Å². The van der Waals surface area contributed by atoms with Crippen molar-refractivity contribution < 1.29 is 23.8 Å². The van der Waals surface area contributed by atoms with Crippen LogP contribution in [0.2, 0.25) is 0 Å². The van der Waals surface area contributed by atoms with Crippen LogP contribution in [0.25, 0.3) is 0 Å². The quantitative estimate of drug-likeness (QED) is 0.739. The molecular weight excluding hydrogens is 358 g/mol. The summed E-state index contributed by atoms with van der Waals surface area (Å²) < 4.78 is 15.5. The Morgan fingerprint density at radius 2 is 1.50 bits per heavy atom. The van der Waals surface area contributed by atoms with Crippen molar-refractivity contribution in [3.05, 3.63) is 59.2 Å². The van der Waals surface area contributed by atoms with Crippen LogP contribution in [0.3, 0.4) is 0 Å². The van der Waals surface area contributed by atoms with E-state index in [0.29, 0.717) is 17.1 Å². The molecule has 0 saturated heterocycles. The monoisotopic (exact) mass is 385 g/mol. The van der Waals surface area contributed by atoms with E-state index in [-0.39, 0.29) is 18.6 Å². The fraction of sp³-hybridized carbons (Fsp3) is 0.364. The fourth-order valence-corrected chi connectivity index (χ4v) is 2.51. The van der Waals surface area contributed by atoms with Crippen molar-refractivity contribution in [2.24, 2.45) is 0 Å². The van der Waals surface area contributed by atoms with E-state index in [4.69, 9.17) is 14.2 Å².